The lowest BCUT2D eigenvalue weighted by atomic mass is 10.0. The van der Waals surface area contributed by atoms with Gasteiger partial charge >= 0.3 is 0 Å². The Hall–Kier alpha value is -1.33. The molecule has 2 rings (SSSR count). The van der Waals surface area contributed by atoms with Crippen LogP contribution in [0.4, 0.5) is 0 Å². The average molecular weight is 267 g/mol. The van der Waals surface area contributed by atoms with Crippen LogP contribution in [0.3, 0.4) is 0 Å². The first kappa shape index (κ1) is 14.1. The Labute approximate surface area is 113 Å². The van der Waals surface area contributed by atoms with Crippen LogP contribution < -0.4 is 0 Å². The summed E-state index contributed by atoms with van der Waals surface area (Å²) in [6.07, 6.45) is -0.332. The number of aryl methyl sites for hydroxylation is 2. The smallest absolute Gasteiger partial charge is 0.257 e. The highest BCUT2D eigenvalue weighted by atomic mass is 16.5. The van der Waals surface area contributed by atoms with E-state index in [-0.39, 0.29) is 18.6 Å². The minimum absolute atomic E-state index is 0.0656. The molecule has 1 aliphatic heterocycles. The highest BCUT2D eigenvalue weighted by molar-refractivity contribution is 5.95. The molecule has 1 aromatic heterocycles. The predicted molar refractivity (Wildman–Crippen MR) is 70.1 cm³/mol. The standard InChI is InChI=1S/C14H21NO4/c1-9-5-12(10(2)18-9)13(17)15-6-11(7-16)19-14(3,4)8-15/h5,11,16H,6-8H2,1-4H3. The molecule has 1 N–H and O–H groups in total. The van der Waals surface area contributed by atoms with Gasteiger partial charge in [0.15, 0.2) is 0 Å². The minimum atomic E-state index is -0.450. The number of morpholine rings is 1. The van der Waals surface area contributed by atoms with Gasteiger partial charge in [0, 0.05) is 13.1 Å². The van der Waals surface area contributed by atoms with Crippen molar-refractivity contribution < 1.29 is 19.1 Å². The Morgan fingerprint density at radius 3 is 2.74 bits per heavy atom. The molecule has 1 aliphatic rings. The molecule has 5 heteroatoms. The fourth-order valence-corrected chi connectivity index (χ4v) is 2.56. The van der Waals surface area contributed by atoms with Crippen molar-refractivity contribution in [2.45, 2.75) is 39.4 Å². The van der Waals surface area contributed by atoms with Gasteiger partial charge in [0.05, 0.1) is 23.9 Å². The average Bonchev–Trinajstić information content (AvgIpc) is 2.65. The summed E-state index contributed by atoms with van der Waals surface area (Å²) in [5.41, 5.74) is 0.139. The van der Waals surface area contributed by atoms with E-state index in [9.17, 15) is 9.90 Å². The number of hydrogen-bond acceptors (Lipinski definition) is 4. The van der Waals surface area contributed by atoms with Gasteiger partial charge < -0.3 is 19.2 Å². The van der Waals surface area contributed by atoms with Gasteiger partial charge in [-0.25, -0.2) is 0 Å². The molecule has 1 amide bonds. The summed E-state index contributed by atoms with van der Waals surface area (Å²) in [6.45, 7) is 8.27. The molecule has 0 aliphatic carbocycles. The maximum Gasteiger partial charge on any atom is 0.257 e. The van der Waals surface area contributed by atoms with Gasteiger partial charge in [-0.1, -0.05) is 0 Å². The number of carbonyl (C=O) groups is 1. The van der Waals surface area contributed by atoms with E-state index in [4.69, 9.17) is 9.15 Å². The first-order chi connectivity index (χ1) is 8.82. The third kappa shape index (κ3) is 2.98. The van der Waals surface area contributed by atoms with Crippen LogP contribution in [0.5, 0.6) is 0 Å². The van der Waals surface area contributed by atoms with Crippen LogP contribution in [0.1, 0.15) is 35.7 Å². The molecule has 0 radical (unpaired) electrons. The van der Waals surface area contributed by atoms with Crippen LogP contribution in [0, 0.1) is 13.8 Å². The van der Waals surface area contributed by atoms with Gasteiger partial charge in [-0.2, -0.15) is 0 Å². The number of furan rings is 1. The molecule has 1 unspecified atom stereocenters. The third-order valence-electron chi connectivity index (χ3n) is 3.24. The zero-order chi connectivity index (χ0) is 14.2. The summed E-state index contributed by atoms with van der Waals surface area (Å²) in [6, 6.07) is 1.76. The Kier molecular flexibility index (Phi) is 3.69. The van der Waals surface area contributed by atoms with E-state index in [1.165, 1.54) is 0 Å². The van der Waals surface area contributed by atoms with Crippen molar-refractivity contribution in [3.8, 4) is 0 Å². The highest BCUT2D eigenvalue weighted by Gasteiger charge is 2.36. The number of ether oxygens (including phenoxy) is 1. The normalized spacial score (nSPS) is 22.6. The molecular formula is C14H21NO4. The number of rotatable bonds is 2. The van der Waals surface area contributed by atoms with Crippen molar-refractivity contribution in [3.05, 3.63) is 23.2 Å². The molecule has 1 saturated heterocycles. The lowest BCUT2D eigenvalue weighted by Gasteiger charge is -2.42. The van der Waals surface area contributed by atoms with E-state index in [2.05, 4.69) is 0 Å². The maximum atomic E-state index is 12.5. The van der Waals surface area contributed by atoms with Crippen LogP contribution in [0.15, 0.2) is 10.5 Å². The molecular weight excluding hydrogens is 246 g/mol. The number of aliphatic hydroxyl groups is 1. The highest BCUT2D eigenvalue weighted by Crippen LogP contribution is 2.24. The summed E-state index contributed by atoms with van der Waals surface area (Å²) in [5, 5.41) is 9.27. The monoisotopic (exact) mass is 267 g/mol. The van der Waals surface area contributed by atoms with Crippen LogP contribution in [-0.2, 0) is 4.74 Å². The summed E-state index contributed by atoms with van der Waals surface area (Å²) < 4.78 is 11.1. The van der Waals surface area contributed by atoms with Crippen molar-refractivity contribution in [1.29, 1.82) is 0 Å². The minimum Gasteiger partial charge on any atom is -0.466 e. The lowest BCUT2D eigenvalue weighted by molar-refractivity contribution is -0.139. The number of nitrogens with zero attached hydrogens (tertiary/aromatic N) is 1. The zero-order valence-electron chi connectivity index (χ0n) is 11.9. The summed E-state index contributed by atoms with van der Waals surface area (Å²) >= 11 is 0. The molecule has 0 spiro atoms. The molecule has 19 heavy (non-hydrogen) atoms. The van der Waals surface area contributed by atoms with Gasteiger partial charge in [0.25, 0.3) is 5.91 Å². The SMILES string of the molecule is Cc1cc(C(=O)N2CC(CO)OC(C)(C)C2)c(C)o1. The van der Waals surface area contributed by atoms with Gasteiger partial charge in [0.1, 0.15) is 11.5 Å². The second-order valence-corrected chi connectivity index (χ2v) is 5.69. The first-order valence-corrected chi connectivity index (χ1v) is 6.47. The van der Waals surface area contributed by atoms with Crippen molar-refractivity contribution in [2.75, 3.05) is 19.7 Å². The molecule has 1 fully saturated rings. The molecule has 2 heterocycles. The maximum absolute atomic E-state index is 12.5. The van der Waals surface area contributed by atoms with Crippen molar-refractivity contribution in [3.63, 3.8) is 0 Å². The Morgan fingerprint density at radius 1 is 1.53 bits per heavy atom. The van der Waals surface area contributed by atoms with Crippen LogP contribution >= 0.6 is 0 Å². The van der Waals surface area contributed by atoms with Gasteiger partial charge in [-0.3, -0.25) is 4.79 Å². The van der Waals surface area contributed by atoms with E-state index in [0.717, 1.165) is 5.76 Å². The van der Waals surface area contributed by atoms with E-state index in [1.54, 1.807) is 17.9 Å². The van der Waals surface area contributed by atoms with Crippen molar-refractivity contribution in [1.82, 2.24) is 4.90 Å². The quantitative estimate of drug-likeness (QED) is 0.882. The molecule has 0 bridgehead atoms. The Bertz CT molecular complexity index is 478. The zero-order valence-corrected chi connectivity index (χ0v) is 11.9. The first-order valence-electron chi connectivity index (χ1n) is 6.47. The van der Waals surface area contributed by atoms with Crippen LogP contribution in [0.2, 0.25) is 0 Å². The predicted octanol–water partition coefficient (Wildman–Crippen LogP) is 1.51. The van der Waals surface area contributed by atoms with Gasteiger partial charge in [-0.15, -0.1) is 0 Å². The largest absolute Gasteiger partial charge is 0.466 e. The summed E-state index contributed by atoms with van der Waals surface area (Å²) in [7, 11) is 0. The third-order valence-corrected chi connectivity index (χ3v) is 3.24. The Balaban J connectivity index is 2.21. The Morgan fingerprint density at radius 2 is 2.21 bits per heavy atom. The number of hydrogen-bond donors (Lipinski definition) is 1. The molecule has 1 atom stereocenters. The van der Waals surface area contributed by atoms with Gasteiger partial charge in [-0.05, 0) is 33.8 Å². The summed E-state index contributed by atoms with van der Waals surface area (Å²) in [4.78, 5) is 14.2. The van der Waals surface area contributed by atoms with E-state index in [0.29, 0.717) is 24.4 Å². The van der Waals surface area contributed by atoms with Gasteiger partial charge in [0.2, 0.25) is 0 Å². The number of carbonyl (C=O) groups excluding carboxylic acids is 1. The summed E-state index contributed by atoms with van der Waals surface area (Å²) in [5.74, 6) is 1.29. The van der Waals surface area contributed by atoms with Crippen molar-refractivity contribution >= 4 is 5.91 Å². The molecule has 0 aromatic carbocycles. The molecule has 0 saturated carbocycles. The van der Waals surface area contributed by atoms with Crippen molar-refractivity contribution in [2.24, 2.45) is 0 Å². The van der Waals surface area contributed by atoms with E-state index < -0.39 is 5.60 Å². The molecule has 1 aromatic rings. The van der Waals surface area contributed by atoms with Crippen LogP contribution in [-0.4, -0.2) is 47.3 Å². The number of aliphatic hydroxyl groups excluding tert-OH is 1. The fraction of sp³-hybridized carbons (Fsp3) is 0.643. The lowest BCUT2D eigenvalue weighted by Crippen LogP contribution is -2.55. The van der Waals surface area contributed by atoms with E-state index in [1.807, 2.05) is 20.8 Å². The second-order valence-electron chi connectivity index (χ2n) is 5.69. The second kappa shape index (κ2) is 4.98. The number of amides is 1. The molecule has 106 valence electrons. The topological polar surface area (TPSA) is 62.9 Å². The van der Waals surface area contributed by atoms with E-state index >= 15 is 0 Å². The van der Waals surface area contributed by atoms with Crippen LogP contribution in [0.25, 0.3) is 0 Å². The molecule has 5 nitrogen and oxygen atoms in total. The fourth-order valence-electron chi connectivity index (χ4n) is 2.56.